The molecule has 3 heterocycles. The number of aromatic nitrogens is 3. The van der Waals surface area contributed by atoms with E-state index in [1.54, 1.807) is 0 Å². The molecule has 4 N–H and O–H groups in total. The van der Waals surface area contributed by atoms with Gasteiger partial charge in [0.05, 0.1) is 35.6 Å². The van der Waals surface area contributed by atoms with Gasteiger partial charge in [-0.1, -0.05) is 25.5 Å². The standard InChI is InChI=1S/C22H27N5O4S/c1-2-12-11-14(18(29)17(12)28)23-19-16(21-24-13-5-3-4-6-15(13)32-21)20(30)26-22(25-19)27-7-9-31-10-8-27/h3-6,12,14,17-18,28-29H,2,7-11H2,1H3,(H2,23,25,26,30)/t12-,14+,17+,18-/m0/s1. The smallest absolute Gasteiger partial charge is 0.264 e. The van der Waals surface area contributed by atoms with Gasteiger partial charge in [0.1, 0.15) is 22.5 Å². The van der Waals surface area contributed by atoms with Crippen molar-refractivity contribution in [1.82, 2.24) is 15.0 Å². The molecule has 3 aromatic rings. The average Bonchev–Trinajstić information content (AvgIpc) is 3.35. The Morgan fingerprint density at radius 3 is 2.72 bits per heavy atom. The lowest BCUT2D eigenvalue weighted by molar-refractivity contribution is 0.0167. The first-order chi connectivity index (χ1) is 15.5. The molecule has 2 aromatic heterocycles. The van der Waals surface area contributed by atoms with Gasteiger partial charge < -0.3 is 25.2 Å². The molecule has 0 bridgehead atoms. The van der Waals surface area contributed by atoms with Crippen molar-refractivity contribution in [2.24, 2.45) is 5.92 Å². The van der Waals surface area contributed by atoms with Gasteiger partial charge in [-0.2, -0.15) is 4.98 Å². The van der Waals surface area contributed by atoms with E-state index in [2.05, 4.69) is 15.3 Å². The summed E-state index contributed by atoms with van der Waals surface area (Å²) in [6, 6.07) is 7.32. The molecule has 0 unspecified atom stereocenters. The maximum absolute atomic E-state index is 13.3. The maximum atomic E-state index is 13.3. The second kappa shape index (κ2) is 8.78. The average molecular weight is 458 g/mol. The van der Waals surface area contributed by atoms with Gasteiger partial charge in [0.2, 0.25) is 5.95 Å². The largest absolute Gasteiger partial charge is 0.390 e. The van der Waals surface area contributed by atoms with Gasteiger partial charge in [-0.15, -0.1) is 11.3 Å². The first-order valence-corrected chi connectivity index (χ1v) is 11.8. The lowest BCUT2D eigenvalue weighted by Gasteiger charge is -2.28. The molecule has 1 aromatic carbocycles. The minimum atomic E-state index is -0.934. The van der Waals surface area contributed by atoms with Crippen LogP contribution in [-0.4, -0.2) is 69.7 Å². The summed E-state index contributed by atoms with van der Waals surface area (Å²) in [7, 11) is 0. The molecule has 10 heteroatoms. The Hall–Kier alpha value is -2.53. The number of anilines is 2. The number of hydrogen-bond acceptors (Lipinski definition) is 9. The van der Waals surface area contributed by atoms with E-state index in [-0.39, 0.29) is 11.5 Å². The van der Waals surface area contributed by atoms with Gasteiger partial charge in [-0.05, 0) is 24.5 Å². The molecule has 2 aliphatic rings. The molecule has 0 spiro atoms. The molecule has 9 nitrogen and oxygen atoms in total. The number of ether oxygens (including phenoxy) is 1. The number of benzene rings is 1. The van der Waals surface area contributed by atoms with Crippen LogP contribution in [-0.2, 0) is 4.74 Å². The molecule has 170 valence electrons. The van der Waals surface area contributed by atoms with Gasteiger partial charge in [-0.25, -0.2) is 4.98 Å². The van der Waals surface area contributed by atoms with Crippen molar-refractivity contribution in [2.45, 2.75) is 38.0 Å². The van der Waals surface area contributed by atoms with Crippen LogP contribution in [0.1, 0.15) is 19.8 Å². The van der Waals surface area contributed by atoms with Crippen molar-refractivity contribution in [3.63, 3.8) is 0 Å². The summed E-state index contributed by atoms with van der Waals surface area (Å²) < 4.78 is 6.40. The van der Waals surface area contributed by atoms with Gasteiger partial charge in [0, 0.05) is 13.1 Å². The number of para-hydroxylation sites is 1. The maximum Gasteiger partial charge on any atom is 0.264 e. The lowest BCUT2D eigenvalue weighted by atomic mass is 10.0. The topological polar surface area (TPSA) is 124 Å². The van der Waals surface area contributed by atoms with E-state index < -0.39 is 18.2 Å². The summed E-state index contributed by atoms with van der Waals surface area (Å²) in [4.78, 5) is 27.6. The van der Waals surface area contributed by atoms with Crippen molar-refractivity contribution >= 4 is 33.3 Å². The normalized spacial score (nSPS) is 26.0. The number of nitrogens with zero attached hydrogens (tertiary/aromatic N) is 3. The number of aromatic amines is 1. The number of fused-ring (bicyclic) bond motifs is 1. The molecule has 1 saturated carbocycles. The Labute approximate surface area is 189 Å². The van der Waals surface area contributed by atoms with E-state index in [1.165, 1.54) is 11.3 Å². The highest BCUT2D eigenvalue weighted by atomic mass is 32.1. The van der Waals surface area contributed by atoms with Crippen LogP contribution in [0.5, 0.6) is 0 Å². The summed E-state index contributed by atoms with van der Waals surface area (Å²) in [6.45, 7) is 4.39. The van der Waals surface area contributed by atoms with E-state index in [9.17, 15) is 15.0 Å². The Morgan fingerprint density at radius 1 is 1.22 bits per heavy atom. The molecule has 0 amide bonds. The summed E-state index contributed by atoms with van der Waals surface area (Å²) in [6.07, 6.45) is -0.372. The van der Waals surface area contributed by atoms with Gasteiger partial charge in [-0.3, -0.25) is 9.78 Å². The Balaban J connectivity index is 1.58. The fourth-order valence-electron chi connectivity index (χ4n) is 4.52. The Morgan fingerprint density at radius 2 is 2.00 bits per heavy atom. The third-order valence-corrected chi connectivity index (χ3v) is 7.43. The van der Waals surface area contributed by atoms with E-state index >= 15 is 0 Å². The Kier molecular flexibility index (Phi) is 5.85. The fraction of sp³-hybridized carbons (Fsp3) is 0.500. The molecule has 5 rings (SSSR count). The Bertz CT molecular complexity index is 1130. The second-order valence-corrected chi connectivity index (χ2v) is 9.37. The monoisotopic (exact) mass is 457 g/mol. The highest BCUT2D eigenvalue weighted by Crippen LogP contribution is 2.35. The van der Waals surface area contributed by atoms with Crippen molar-refractivity contribution in [3.8, 4) is 10.6 Å². The number of hydrogen-bond donors (Lipinski definition) is 4. The number of aliphatic hydroxyl groups is 2. The summed E-state index contributed by atoms with van der Waals surface area (Å²) >= 11 is 1.43. The SMILES string of the molecule is CC[C@H]1C[C@@H](Nc2nc(N3CCOCC3)[nH]c(=O)c2-c2nc3ccccc3s2)[C@H](O)[C@@H]1O. The van der Waals surface area contributed by atoms with Crippen LogP contribution in [0.25, 0.3) is 20.8 Å². The lowest BCUT2D eigenvalue weighted by Crippen LogP contribution is -2.39. The first kappa shape index (κ1) is 21.3. The fourth-order valence-corrected chi connectivity index (χ4v) is 5.53. The van der Waals surface area contributed by atoms with Crippen molar-refractivity contribution in [2.75, 3.05) is 36.5 Å². The van der Waals surface area contributed by atoms with Crippen LogP contribution < -0.4 is 15.8 Å². The van der Waals surface area contributed by atoms with Crippen molar-refractivity contribution in [1.29, 1.82) is 0 Å². The number of thiazole rings is 1. The molecule has 32 heavy (non-hydrogen) atoms. The predicted molar refractivity (Wildman–Crippen MR) is 124 cm³/mol. The van der Waals surface area contributed by atoms with Gasteiger partial charge >= 0.3 is 0 Å². The summed E-state index contributed by atoms with van der Waals surface area (Å²) in [5.74, 6) is 0.835. The number of rotatable bonds is 5. The zero-order chi connectivity index (χ0) is 22.2. The molecule has 0 radical (unpaired) electrons. The van der Waals surface area contributed by atoms with E-state index in [0.717, 1.165) is 16.6 Å². The van der Waals surface area contributed by atoms with E-state index in [4.69, 9.17) is 9.72 Å². The van der Waals surface area contributed by atoms with Crippen LogP contribution in [0, 0.1) is 5.92 Å². The molecule has 1 saturated heterocycles. The van der Waals surface area contributed by atoms with Crippen LogP contribution in [0.4, 0.5) is 11.8 Å². The van der Waals surface area contributed by atoms with Crippen LogP contribution in [0.2, 0.25) is 0 Å². The summed E-state index contributed by atoms with van der Waals surface area (Å²) in [5.41, 5.74) is 0.880. The zero-order valence-electron chi connectivity index (χ0n) is 17.8. The van der Waals surface area contributed by atoms with Crippen LogP contribution in [0.3, 0.4) is 0 Å². The molecule has 1 aliphatic heterocycles. The molecular weight excluding hydrogens is 430 g/mol. The molecule has 2 fully saturated rings. The van der Waals surface area contributed by atoms with Gasteiger partial charge in [0.25, 0.3) is 5.56 Å². The highest BCUT2D eigenvalue weighted by molar-refractivity contribution is 7.21. The number of nitrogens with one attached hydrogen (secondary N) is 2. The molecule has 1 aliphatic carbocycles. The van der Waals surface area contributed by atoms with Crippen LogP contribution >= 0.6 is 11.3 Å². The number of H-pyrrole nitrogens is 1. The van der Waals surface area contributed by atoms with Crippen molar-refractivity contribution in [3.05, 3.63) is 34.6 Å². The number of aliphatic hydroxyl groups excluding tert-OH is 2. The molecule has 4 atom stereocenters. The van der Waals surface area contributed by atoms with E-state index in [1.807, 2.05) is 36.1 Å². The second-order valence-electron chi connectivity index (χ2n) is 8.34. The minimum Gasteiger partial charge on any atom is -0.390 e. The zero-order valence-corrected chi connectivity index (χ0v) is 18.6. The third-order valence-electron chi connectivity index (χ3n) is 6.37. The van der Waals surface area contributed by atoms with E-state index in [0.29, 0.717) is 55.1 Å². The van der Waals surface area contributed by atoms with Crippen LogP contribution in [0.15, 0.2) is 29.1 Å². The van der Waals surface area contributed by atoms with Gasteiger partial charge in [0.15, 0.2) is 0 Å². The first-order valence-electron chi connectivity index (χ1n) is 11.0. The number of morpholine rings is 1. The highest BCUT2D eigenvalue weighted by Gasteiger charge is 2.41. The quantitative estimate of drug-likeness (QED) is 0.457. The van der Waals surface area contributed by atoms with Crippen molar-refractivity contribution < 1.29 is 14.9 Å². The molecular formula is C22H27N5O4S. The third kappa shape index (κ3) is 3.88. The predicted octanol–water partition coefficient (Wildman–Crippen LogP) is 1.82. The minimum absolute atomic E-state index is 0.00545. The summed E-state index contributed by atoms with van der Waals surface area (Å²) in [5, 5.41) is 24.9.